The van der Waals surface area contributed by atoms with Crippen LogP contribution in [0.15, 0.2) is 18.2 Å². The van der Waals surface area contributed by atoms with Crippen molar-refractivity contribution in [3.05, 3.63) is 33.9 Å². The summed E-state index contributed by atoms with van der Waals surface area (Å²) < 4.78 is 5.30. The lowest BCUT2D eigenvalue weighted by atomic mass is 9.87. The van der Waals surface area contributed by atoms with Crippen molar-refractivity contribution in [2.45, 2.75) is 38.6 Å². The molecule has 25 heavy (non-hydrogen) atoms. The largest absolute Gasteiger partial charge is 0.378 e. The van der Waals surface area contributed by atoms with Crippen molar-refractivity contribution in [2.75, 3.05) is 31.2 Å². The predicted octanol–water partition coefficient (Wildman–Crippen LogP) is 2.74. The van der Waals surface area contributed by atoms with Crippen LogP contribution >= 0.6 is 0 Å². The van der Waals surface area contributed by atoms with Gasteiger partial charge in [0.25, 0.3) is 11.6 Å². The summed E-state index contributed by atoms with van der Waals surface area (Å²) >= 11 is 0. The number of carbonyl (C=O) groups is 1. The van der Waals surface area contributed by atoms with Gasteiger partial charge in [-0.25, -0.2) is 0 Å². The quantitative estimate of drug-likeness (QED) is 0.669. The smallest absolute Gasteiger partial charge is 0.293 e. The molecule has 1 saturated carbocycles. The van der Waals surface area contributed by atoms with Crippen LogP contribution in [0.2, 0.25) is 0 Å². The number of ether oxygens (including phenoxy) is 1. The minimum absolute atomic E-state index is 0.0215. The highest BCUT2D eigenvalue weighted by molar-refractivity contribution is 5.96. The van der Waals surface area contributed by atoms with Gasteiger partial charge in [-0.15, -0.1) is 0 Å². The molecule has 1 aromatic rings. The summed E-state index contributed by atoms with van der Waals surface area (Å²) in [6, 6.07) is 4.92. The molecular formula is C18H25N3O4. The Balaban J connectivity index is 1.74. The first-order chi connectivity index (χ1) is 12.0. The number of rotatable bonds is 4. The molecule has 0 aromatic heterocycles. The number of hydrogen-bond acceptors (Lipinski definition) is 5. The van der Waals surface area contributed by atoms with E-state index >= 15 is 0 Å². The fourth-order valence-electron chi connectivity index (χ4n) is 3.56. The fraction of sp³-hybridized carbons (Fsp3) is 0.611. The Morgan fingerprint density at radius 3 is 2.56 bits per heavy atom. The van der Waals surface area contributed by atoms with Crippen molar-refractivity contribution in [2.24, 2.45) is 5.92 Å². The van der Waals surface area contributed by atoms with Crippen LogP contribution in [0.1, 0.15) is 43.0 Å². The molecular weight excluding hydrogens is 322 g/mol. The maximum Gasteiger partial charge on any atom is 0.293 e. The molecule has 0 atom stereocenters. The van der Waals surface area contributed by atoms with E-state index in [2.05, 4.69) is 12.2 Å². The van der Waals surface area contributed by atoms with Crippen molar-refractivity contribution < 1.29 is 14.5 Å². The number of nitrogens with one attached hydrogen (secondary N) is 1. The van der Waals surface area contributed by atoms with Gasteiger partial charge in [-0.2, -0.15) is 0 Å². The molecule has 1 aromatic carbocycles. The fourth-order valence-corrected chi connectivity index (χ4v) is 3.56. The highest BCUT2D eigenvalue weighted by Crippen LogP contribution is 2.30. The number of nitro groups is 1. The van der Waals surface area contributed by atoms with Crippen molar-refractivity contribution in [3.8, 4) is 0 Å². The van der Waals surface area contributed by atoms with E-state index in [-0.39, 0.29) is 17.6 Å². The summed E-state index contributed by atoms with van der Waals surface area (Å²) in [6.07, 6.45) is 4.17. The van der Waals surface area contributed by atoms with Crippen molar-refractivity contribution >= 4 is 17.3 Å². The van der Waals surface area contributed by atoms with Crippen LogP contribution in [-0.2, 0) is 4.74 Å². The lowest BCUT2D eigenvalue weighted by Gasteiger charge is -2.29. The van der Waals surface area contributed by atoms with Crippen LogP contribution in [0.25, 0.3) is 0 Å². The number of anilines is 1. The first-order valence-electron chi connectivity index (χ1n) is 8.96. The molecule has 0 spiro atoms. The van der Waals surface area contributed by atoms with E-state index in [1.54, 1.807) is 12.1 Å². The number of nitrogens with zero attached hydrogens (tertiary/aromatic N) is 2. The van der Waals surface area contributed by atoms with Crippen molar-refractivity contribution in [3.63, 3.8) is 0 Å². The van der Waals surface area contributed by atoms with Gasteiger partial charge in [0, 0.05) is 30.8 Å². The lowest BCUT2D eigenvalue weighted by Crippen LogP contribution is -2.38. The number of benzene rings is 1. The molecule has 1 N–H and O–H groups in total. The summed E-state index contributed by atoms with van der Waals surface area (Å²) in [7, 11) is 0. The number of hydrogen-bond donors (Lipinski definition) is 1. The zero-order valence-electron chi connectivity index (χ0n) is 14.6. The van der Waals surface area contributed by atoms with Crippen LogP contribution < -0.4 is 10.2 Å². The minimum Gasteiger partial charge on any atom is -0.378 e. The Bertz CT molecular complexity index is 635. The average Bonchev–Trinajstić information content (AvgIpc) is 2.63. The third kappa shape index (κ3) is 4.28. The summed E-state index contributed by atoms with van der Waals surface area (Å²) in [5.74, 6) is 0.484. The van der Waals surface area contributed by atoms with E-state index in [4.69, 9.17) is 4.74 Å². The van der Waals surface area contributed by atoms with Gasteiger partial charge in [0.05, 0.1) is 18.1 Å². The monoisotopic (exact) mass is 347 g/mol. The topological polar surface area (TPSA) is 84.7 Å². The van der Waals surface area contributed by atoms with Crippen molar-refractivity contribution in [1.82, 2.24) is 5.32 Å². The summed E-state index contributed by atoms with van der Waals surface area (Å²) in [4.78, 5) is 25.5. The molecule has 1 amide bonds. The maximum atomic E-state index is 12.5. The minimum atomic E-state index is -0.413. The van der Waals surface area contributed by atoms with Crippen LogP contribution in [0.5, 0.6) is 0 Å². The van der Waals surface area contributed by atoms with E-state index in [0.29, 0.717) is 43.5 Å². The number of nitro benzene ring substituents is 1. The predicted molar refractivity (Wildman–Crippen MR) is 95.0 cm³/mol. The van der Waals surface area contributed by atoms with E-state index in [0.717, 1.165) is 25.7 Å². The van der Waals surface area contributed by atoms with Crippen molar-refractivity contribution in [1.29, 1.82) is 0 Å². The standard InChI is InChI=1S/C18H25N3O4/c1-13-2-5-15(6-3-13)19-18(22)14-4-7-16(17(12-14)21(23)24)20-8-10-25-11-9-20/h4,7,12-13,15H,2-3,5-6,8-11H2,1H3,(H,19,22). The molecule has 1 heterocycles. The molecule has 2 aliphatic rings. The molecule has 7 nitrogen and oxygen atoms in total. The lowest BCUT2D eigenvalue weighted by molar-refractivity contribution is -0.384. The summed E-state index contributed by atoms with van der Waals surface area (Å²) in [6.45, 7) is 4.57. The number of amides is 1. The highest BCUT2D eigenvalue weighted by atomic mass is 16.6. The van der Waals surface area contributed by atoms with Gasteiger partial charge >= 0.3 is 0 Å². The first kappa shape index (κ1) is 17.7. The summed E-state index contributed by atoms with van der Waals surface area (Å²) in [5.41, 5.74) is 0.880. The number of carbonyl (C=O) groups excluding carboxylic acids is 1. The average molecular weight is 347 g/mol. The van der Waals surface area contributed by atoms with E-state index in [9.17, 15) is 14.9 Å². The molecule has 0 bridgehead atoms. The molecule has 1 saturated heterocycles. The second kappa shape index (κ2) is 7.82. The highest BCUT2D eigenvalue weighted by Gasteiger charge is 2.25. The van der Waals surface area contributed by atoms with E-state index in [1.807, 2.05) is 4.90 Å². The van der Waals surface area contributed by atoms with Crippen LogP contribution in [0.4, 0.5) is 11.4 Å². The second-order valence-corrected chi connectivity index (χ2v) is 6.99. The third-order valence-electron chi connectivity index (χ3n) is 5.14. The van der Waals surface area contributed by atoms with Crippen LogP contribution in [0.3, 0.4) is 0 Å². The van der Waals surface area contributed by atoms with Crippen LogP contribution in [-0.4, -0.2) is 43.2 Å². The molecule has 0 radical (unpaired) electrons. The SMILES string of the molecule is CC1CCC(NC(=O)c2ccc(N3CCOCC3)c([N+](=O)[O-])c2)CC1. The van der Waals surface area contributed by atoms with Gasteiger partial charge in [-0.1, -0.05) is 6.92 Å². The first-order valence-corrected chi connectivity index (χ1v) is 8.96. The molecule has 7 heteroatoms. The molecule has 0 unspecified atom stereocenters. The van der Waals surface area contributed by atoms with Crippen LogP contribution in [0, 0.1) is 16.0 Å². The van der Waals surface area contributed by atoms with E-state index < -0.39 is 4.92 Å². The second-order valence-electron chi connectivity index (χ2n) is 6.99. The summed E-state index contributed by atoms with van der Waals surface area (Å²) in [5, 5.41) is 14.5. The van der Waals surface area contributed by atoms with Gasteiger partial charge in [0.2, 0.25) is 0 Å². The zero-order chi connectivity index (χ0) is 17.8. The molecule has 1 aliphatic heterocycles. The van der Waals surface area contributed by atoms with E-state index in [1.165, 1.54) is 6.07 Å². The van der Waals surface area contributed by atoms with Gasteiger partial charge in [-0.3, -0.25) is 14.9 Å². The molecule has 1 aliphatic carbocycles. The third-order valence-corrected chi connectivity index (χ3v) is 5.14. The Labute approximate surface area is 147 Å². The Morgan fingerprint density at radius 1 is 1.24 bits per heavy atom. The molecule has 2 fully saturated rings. The maximum absolute atomic E-state index is 12.5. The Kier molecular flexibility index (Phi) is 5.53. The number of morpholine rings is 1. The van der Waals surface area contributed by atoms with Gasteiger partial charge in [-0.05, 0) is 43.7 Å². The Hall–Kier alpha value is -2.15. The zero-order valence-corrected chi connectivity index (χ0v) is 14.6. The molecule has 136 valence electrons. The molecule has 3 rings (SSSR count). The normalized spacial score (nSPS) is 24.0. The van der Waals surface area contributed by atoms with Gasteiger partial charge in [0.15, 0.2) is 0 Å². The van der Waals surface area contributed by atoms with Gasteiger partial charge in [0.1, 0.15) is 5.69 Å². The van der Waals surface area contributed by atoms with Gasteiger partial charge < -0.3 is 15.0 Å². The Morgan fingerprint density at radius 2 is 1.92 bits per heavy atom.